The summed E-state index contributed by atoms with van der Waals surface area (Å²) in [6, 6.07) is 2.38. The third-order valence-corrected chi connectivity index (χ3v) is 3.56. The van der Waals surface area contributed by atoms with Gasteiger partial charge in [-0.15, -0.1) is 0 Å². The number of H-pyrrole nitrogens is 1. The fourth-order valence-corrected chi connectivity index (χ4v) is 2.24. The summed E-state index contributed by atoms with van der Waals surface area (Å²) in [6.45, 7) is 0.129. The van der Waals surface area contributed by atoms with Crippen LogP contribution in [0.1, 0.15) is 5.89 Å². The van der Waals surface area contributed by atoms with Crippen molar-refractivity contribution in [2.75, 3.05) is 6.54 Å². The van der Waals surface area contributed by atoms with Crippen molar-refractivity contribution < 1.29 is 12.9 Å². The Morgan fingerprint density at radius 3 is 2.83 bits per heavy atom. The van der Waals surface area contributed by atoms with E-state index < -0.39 is 10.0 Å². The number of sulfonamides is 1. The zero-order valence-corrected chi connectivity index (χ0v) is 9.98. The molecular weight excluding hydrogens is 260 g/mol. The van der Waals surface area contributed by atoms with Crippen molar-refractivity contribution >= 4 is 10.0 Å². The normalized spacial score (nSPS) is 11.6. The van der Waals surface area contributed by atoms with Crippen molar-refractivity contribution in [3.8, 4) is 0 Å². The van der Waals surface area contributed by atoms with Crippen LogP contribution in [0.15, 0.2) is 38.9 Å². The first-order chi connectivity index (χ1) is 8.58. The molecule has 18 heavy (non-hydrogen) atoms. The summed E-state index contributed by atoms with van der Waals surface area (Å²) in [5, 5.41) is 3.40. The minimum Gasteiger partial charge on any atom is -0.340 e. The summed E-state index contributed by atoms with van der Waals surface area (Å²) >= 11 is 0. The van der Waals surface area contributed by atoms with Crippen molar-refractivity contribution in [1.29, 1.82) is 0 Å². The summed E-state index contributed by atoms with van der Waals surface area (Å²) in [7, 11) is -3.64. The second-order valence-corrected chi connectivity index (χ2v) is 5.14. The van der Waals surface area contributed by atoms with Gasteiger partial charge in [-0.05, 0) is 6.07 Å². The molecule has 0 radical (unpaired) electrons. The van der Waals surface area contributed by atoms with Crippen molar-refractivity contribution in [2.24, 2.45) is 0 Å². The maximum Gasteiger partial charge on any atom is 0.247 e. The molecule has 0 unspecified atom stereocenters. The Kier molecular flexibility index (Phi) is 3.53. The van der Waals surface area contributed by atoms with Gasteiger partial charge in [0.25, 0.3) is 0 Å². The van der Waals surface area contributed by atoms with E-state index >= 15 is 0 Å². The van der Waals surface area contributed by atoms with Crippen LogP contribution < -0.4 is 10.3 Å². The molecule has 0 bridgehead atoms. The fourth-order valence-electron chi connectivity index (χ4n) is 1.25. The van der Waals surface area contributed by atoms with Crippen LogP contribution in [0.3, 0.4) is 0 Å². The minimum atomic E-state index is -3.64. The van der Waals surface area contributed by atoms with E-state index in [-0.39, 0.29) is 17.0 Å². The molecule has 2 rings (SSSR count). The average molecular weight is 270 g/mol. The zero-order valence-electron chi connectivity index (χ0n) is 9.16. The number of rotatable bonds is 5. The lowest BCUT2D eigenvalue weighted by molar-refractivity contribution is 0.377. The predicted octanol–water partition coefficient (Wildman–Crippen LogP) is -0.721. The molecule has 0 saturated carbocycles. The van der Waals surface area contributed by atoms with Crippen LogP contribution in [0.2, 0.25) is 0 Å². The number of nitrogens with zero attached hydrogens (tertiary/aromatic N) is 2. The van der Waals surface area contributed by atoms with E-state index in [1.54, 1.807) is 0 Å². The van der Waals surface area contributed by atoms with Gasteiger partial charge in [0, 0.05) is 25.2 Å². The van der Waals surface area contributed by atoms with Crippen LogP contribution in [0.5, 0.6) is 0 Å². The number of aromatic nitrogens is 3. The summed E-state index contributed by atoms with van der Waals surface area (Å²) in [4.78, 5) is 16.9. The van der Waals surface area contributed by atoms with Crippen molar-refractivity contribution in [1.82, 2.24) is 19.8 Å². The monoisotopic (exact) mass is 270 g/mol. The molecule has 0 saturated heterocycles. The van der Waals surface area contributed by atoms with Crippen LogP contribution in [0.25, 0.3) is 0 Å². The molecule has 0 aliphatic heterocycles. The molecule has 2 aromatic heterocycles. The maximum absolute atomic E-state index is 11.8. The standard InChI is InChI=1S/C9H10N4O4S/c14-8-2-1-7(5-10-8)18(15,16)13-4-3-9-11-6-12-17-9/h1-2,5-6,13H,3-4H2,(H,10,14). The lowest BCUT2D eigenvalue weighted by atomic mass is 10.4. The van der Waals surface area contributed by atoms with Crippen LogP contribution >= 0.6 is 0 Å². The number of aromatic amines is 1. The Balaban J connectivity index is 1.99. The third kappa shape index (κ3) is 3.02. The number of hydrogen-bond acceptors (Lipinski definition) is 6. The van der Waals surface area contributed by atoms with E-state index in [9.17, 15) is 13.2 Å². The molecule has 0 aliphatic rings. The minimum absolute atomic E-state index is 0.00682. The highest BCUT2D eigenvalue weighted by atomic mass is 32.2. The van der Waals surface area contributed by atoms with E-state index in [1.165, 1.54) is 12.4 Å². The zero-order chi connectivity index (χ0) is 13.0. The molecule has 2 aromatic rings. The first-order valence-electron chi connectivity index (χ1n) is 5.02. The molecule has 96 valence electrons. The first-order valence-corrected chi connectivity index (χ1v) is 6.50. The molecule has 0 atom stereocenters. The molecule has 0 aliphatic carbocycles. The van der Waals surface area contributed by atoms with Crippen LogP contribution in [0.4, 0.5) is 0 Å². The second kappa shape index (κ2) is 5.10. The van der Waals surface area contributed by atoms with Crippen LogP contribution in [-0.2, 0) is 16.4 Å². The Morgan fingerprint density at radius 2 is 2.22 bits per heavy atom. The predicted molar refractivity (Wildman–Crippen MR) is 60.3 cm³/mol. The van der Waals surface area contributed by atoms with Gasteiger partial charge in [0.15, 0.2) is 6.33 Å². The molecule has 0 spiro atoms. The lowest BCUT2D eigenvalue weighted by Gasteiger charge is -2.04. The van der Waals surface area contributed by atoms with Gasteiger partial charge in [-0.3, -0.25) is 4.79 Å². The Morgan fingerprint density at radius 1 is 1.39 bits per heavy atom. The van der Waals surface area contributed by atoms with Crippen LogP contribution in [-0.4, -0.2) is 30.1 Å². The van der Waals surface area contributed by atoms with Crippen molar-refractivity contribution in [3.05, 3.63) is 40.9 Å². The highest BCUT2D eigenvalue weighted by Gasteiger charge is 2.13. The number of hydrogen-bond donors (Lipinski definition) is 2. The summed E-state index contributed by atoms with van der Waals surface area (Å²) in [5.74, 6) is 0.346. The van der Waals surface area contributed by atoms with Gasteiger partial charge in [0.05, 0.1) is 4.90 Å². The molecule has 2 heterocycles. The van der Waals surface area contributed by atoms with Gasteiger partial charge in [-0.25, -0.2) is 13.1 Å². The maximum atomic E-state index is 11.8. The molecule has 0 fully saturated rings. The van der Waals surface area contributed by atoms with Gasteiger partial charge in [0.1, 0.15) is 0 Å². The van der Waals surface area contributed by atoms with Gasteiger partial charge in [-0.1, -0.05) is 5.16 Å². The molecule has 0 amide bonds. The second-order valence-electron chi connectivity index (χ2n) is 3.37. The third-order valence-electron chi connectivity index (χ3n) is 2.10. The van der Waals surface area contributed by atoms with Gasteiger partial charge in [0.2, 0.25) is 21.5 Å². The first kappa shape index (κ1) is 12.5. The lowest BCUT2D eigenvalue weighted by Crippen LogP contribution is -2.26. The smallest absolute Gasteiger partial charge is 0.247 e. The van der Waals surface area contributed by atoms with E-state index in [1.807, 2.05) is 0 Å². The number of pyridine rings is 1. The van der Waals surface area contributed by atoms with Crippen molar-refractivity contribution in [3.63, 3.8) is 0 Å². The van der Waals surface area contributed by atoms with Gasteiger partial charge in [-0.2, -0.15) is 4.98 Å². The Hall–Kier alpha value is -2.00. The van der Waals surface area contributed by atoms with Gasteiger partial charge < -0.3 is 9.51 Å². The van der Waals surface area contributed by atoms with Crippen LogP contribution in [0, 0.1) is 0 Å². The quantitative estimate of drug-likeness (QED) is 0.740. The van der Waals surface area contributed by atoms with E-state index in [2.05, 4.69) is 19.8 Å². The molecular formula is C9H10N4O4S. The average Bonchev–Trinajstić information content (AvgIpc) is 2.82. The van der Waals surface area contributed by atoms with Gasteiger partial charge >= 0.3 is 0 Å². The largest absolute Gasteiger partial charge is 0.340 e. The summed E-state index contributed by atoms with van der Waals surface area (Å²) in [6.07, 6.45) is 2.67. The Labute approximate surface area is 102 Å². The van der Waals surface area contributed by atoms with E-state index in [4.69, 9.17) is 4.52 Å². The number of nitrogens with one attached hydrogen (secondary N) is 2. The topological polar surface area (TPSA) is 118 Å². The molecule has 8 nitrogen and oxygen atoms in total. The molecule has 0 aromatic carbocycles. The SMILES string of the molecule is O=c1ccc(S(=O)(=O)NCCc2ncno2)c[nH]1. The summed E-state index contributed by atoms with van der Waals surface area (Å²) < 4.78 is 30.6. The molecule has 2 N–H and O–H groups in total. The van der Waals surface area contributed by atoms with E-state index in [0.29, 0.717) is 12.3 Å². The highest BCUT2D eigenvalue weighted by Crippen LogP contribution is 2.03. The fraction of sp³-hybridized carbons (Fsp3) is 0.222. The Bertz CT molecular complexity index is 642. The molecule has 9 heteroatoms. The van der Waals surface area contributed by atoms with Crippen molar-refractivity contribution in [2.45, 2.75) is 11.3 Å². The highest BCUT2D eigenvalue weighted by molar-refractivity contribution is 7.89. The summed E-state index contributed by atoms with van der Waals surface area (Å²) in [5.41, 5.74) is -0.361. The van der Waals surface area contributed by atoms with E-state index in [0.717, 1.165) is 12.3 Å².